The third-order valence-corrected chi connectivity index (χ3v) is 2.93. The van der Waals surface area contributed by atoms with Gasteiger partial charge in [0, 0.05) is 30.6 Å². The van der Waals surface area contributed by atoms with Crippen molar-refractivity contribution in [2.24, 2.45) is 0 Å². The number of halogens is 1. The summed E-state index contributed by atoms with van der Waals surface area (Å²) in [7, 11) is 0. The fraction of sp³-hybridized carbons (Fsp3) is 0.357. The third kappa shape index (κ3) is 3.12. The van der Waals surface area contributed by atoms with E-state index < -0.39 is 11.9 Å². The minimum absolute atomic E-state index is 0.266. The second kappa shape index (κ2) is 5.84. The molecule has 0 radical (unpaired) electrons. The van der Waals surface area contributed by atoms with Gasteiger partial charge in [-0.25, -0.2) is 9.37 Å². The standard InChI is InChI=1S/C14H17FN2O2/c1-3-17-7-6-16-14(17)9-19-11-4-5-12(10(2)18)13(15)8-11/h4-8,10,18H,3,9H2,1-2H3/t10-/m0/s1. The number of aromatic nitrogens is 2. The monoisotopic (exact) mass is 264 g/mol. The number of ether oxygens (including phenoxy) is 1. The van der Waals surface area contributed by atoms with E-state index in [0.717, 1.165) is 12.4 Å². The number of nitrogens with zero attached hydrogens (tertiary/aromatic N) is 2. The van der Waals surface area contributed by atoms with Gasteiger partial charge in [-0.3, -0.25) is 0 Å². The molecule has 1 N–H and O–H groups in total. The van der Waals surface area contributed by atoms with Gasteiger partial charge < -0.3 is 14.4 Å². The molecule has 0 aliphatic heterocycles. The maximum Gasteiger partial charge on any atom is 0.146 e. The molecule has 1 heterocycles. The van der Waals surface area contributed by atoms with Crippen LogP contribution in [0.1, 0.15) is 31.3 Å². The second-order valence-electron chi connectivity index (χ2n) is 4.28. The molecule has 0 aliphatic carbocycles. The first-order chi connectivity index (χ1) is 9.11. The van der Waals surface area contributed by atoms with Crippen molar-refractivity contribution in [2.75, 3.05) is 0 Å². The Morgan fingerprint density at radius 2 is 2.26 bits per heavy atom. The summed E-state index contributed by atoms with van der Waals surface area (Å²) in [6.45, 7) is 4.64. The molecule has 0 spiro atoms. The molecule has 0 saturated heterocycles. The van der Waals surface area contributed by atoms with Crippen molar-refractivity contribution < 1.29 is 14.2 Å². The number of aryl methyl sites for hydroxylation is 1. The van der Waals surface area contributed by atoms with Crippen LogP contribution in [-0.2, 0) is 13.2 Å². The van der Waals surface area contributed by atoms with E-state index in [4.69, 9.17) is 4.74 Å². The molecule has 1 aromatic carbocycles. The van der Waals surface area contributed by atoms with Crippen LogP contribution in [0.5, 0.6) is 5.75 Å². The minimum atomic E-state index is -0.826. The molecule has 2 rings (SSSR count). The summed E-state index contributed by atoms with van der Waals surface area (Å²) < 4.78 is 21.1. The molecule has 0 aliphatic rings. The summed E-state index contributed by atoms with van der Waals surface area (Å²) >= 11 is 0. The molecule has 0 saturated carbocycles. The Morgan fingerprint density at radius 3 is 2.89 bits per heavy atom. The highest BCUT2D eigenvalue weighted by atomic mass is 19.1. The van der Waals surface area contributed by atoms with E-state index in [2.05, 4.69) is 4.98 Å². The molecule has 0 bridgehead atoms. The van der Waals surface area contributed by atoms with Gasteiger partial charge in [0.05, 0.1) is 6.10 Å². The predicted molar refractivity (Wildman–Crippen MR) is 69.3 cm³/mol. The second-order valence-corrected chi connectivity index (χ2v) is 4.28. The first-order valence-corrected chi connectivity index (χ1v) is 6.22. The molecule has 0 amide bonds. The Labute approximate surface area is 111 Å². The van der Waals surface area contributed by atoms with Gasteiger partial charge in [-0.05, 0) is 26.0 Å². The number of aliphatic hydroxyl groups excluding tert-OH is 1. The van der Waals surface area contributed by atoms with Crippen LogP contribution < -0.4 is 4.74 Å². The lowest BCUT2D eigenvalue weighted by molar-refractivity contribution is 0.193. The number of imidazole rings is 1. The van der Waals surface area contributed by atoms with E-state index in [-0.39, 0.29) is 12.2 Å². The third-order valence-electron chi connectivity index (χ3n) is 2.93. The molecule has 4 nitrogen and oxygen atoms in total. The van der Waals surface area contributed by atoms with Crippen LogP contribution in [0.15, 0.2) is 30.6 Å². The summed E-state index contributed by atoms with van der Waals surface area (Å²) in [4.78, 5) is 4.17. The molecular weight excluding hydrogens is 247 g/mol. The van der Waals surface area contributed by atoms with Crippen molar-refractivity contribution in [3.05, 3.63) is 47.8 Å². The van der Waals surface area contributed by atoms with Crippen molar-refractivity contribution in [1.29, 1.82) is 0 Å². The quantitative estimate of drug-likeness (QED) is 0.903. The zero-order chi connectivity index (χ0) is 13.8. The SMILES string of the molecule is CCn1ccnc1COc1ccc([C@H](C)O)c(F)c1. The highest BCUT2D eigenvalue weighted by molar-refractivity contribution is 5.30. The zero-order valence-corrected chi connectivity index (χ0v) is 11.0. The summed E-state index contributed by atoms with van der Waals surface area (Å²) in [5.74, 6) is 0.751. The van der Waals surface area contributed by atoms with Crippen molar-refractivity contribution in [3.8, 4) is 5.75 Å². The number of aliphatic hydroxyl groups is 1. The summed E-state index contributed by atoms with van der Waals surface area (Å²) in [5.41, 5.74) is 0.266. The lowest BCUT2D eigenvalue weighted by atomic mass is 10.1. The molecule has 19 heavy (non-hydrogen) atoms. The maximum atomic E-state index is 13.7. The van der Waals surface area contributed by atoms with E-state index in [1.54, 1.807) is 12.3 Å². The molecule has 1 aromatic heterocycles. The number of hydrogen-bond donors (Lipinski definition) is 1. The van der Waals surface area contributed by atoms with E-state index in [0.29, 0.717) is 5.75 Å². The first-order valence-electron chi connectivity index (χ1n) is 6.22. The normalized spacial score (nSPS) is 12.4. The Balaban J connectivity index is 2.06. The van der Waals surface area contributed by atoms with Crippen LogP contribution in [0.25, 0.3) is 0 Å². The zero-order valence-electron chi connectivity index (χ0n) is 11.0. The average Bonchev–Trinajstić information content (AvgIpc) is 2.83. The average molecular weight is 264 g/mol. The van der Waals surface area contributed by atoms with Crippen LogP contribution in [-0.4, -0.2) is 14.7 Å². The molecule has 5 heteroatoms. The summed E-state index contributed by atoms with van der Waals surface area (Å²) in [6.07, 6.45) is 2.75. The van der Waals surface area contributed by atoms with E-state index in [9.17, 15) is 9.50 Å². The lowest BCUT2D eigenvalue weighted by Crippen LogP contribution is -2.06. The van der Waals surface area contributed by atoms with Crippen LogP contribution in [0.3, 0.4) is 0 Å². The van der Waals surface area contributed by atoms with E-state index >= 15 is 0 Å². The van der Waals surface area contributed by atoms with E-state index in [1.807, 2.05) is 17.7 Å². The Hall–Kier alpha value is -1.88. The Kier molecular flexibility index (Phi) is 4.16. The lowest BCUT2D eigenvalue weighted by Gasteiger charge is -2.10. The topological polar surface area (TPSA) is 47.3 Å². The van der Waals surface area contributed by atoms with Crippen LogP contribution >= 0.6 is 0 Å². The van der Waals surface area contributed by atoms with Crippen molar-refractivity contribution in [2.45, 2.75) is 33.1 Å². The van der Waals surface area contributed by atoms with Crippen molar-refractivity contribution >= 4 is 0 Å². The molecule has 102 valence electrons. The molecule has 1 atom stereocenters. The molecule has 0 fully saturated rings. The summed E-state index contributed by atoms with van der Waals surface area (Å²) in [6, 6.07) is 4.45. The minimum Gasteiger partial charge on any atom is -0.486 e. The van der Waals surface area contributed by atoms with Gasteiger partial charge in [0.25, 0.3) is 0 Å². The van der Waals surface area contributed by atoms with Gasteiger partial charge in [0.15, 0.2) is 0 Å². The Bertz CT molecular complexity index is 552. The summed E-state index contributed by atoms with van der Waals surface area (Å²) in [5, 5.41) is 9.35. The Morgan fingerprint density at radius 1 is 1.47 bits per heavy atom. The van der Waals surface area contributed by atoms with Gasteiger partial charge >= 0.3 is 0 Å². The number of hydrogen-bond acceptors (Lipinski definition) is 3. The highest BCUT2D eigenvalue weighted by Gasteiger charge is 2.09. The number of benzene rings is 1. The molecule has 2 aromatic rings. The van der Waals surface area contributed by atoms with Gasteiger partial charge in [-0.1, -0.05) is 0 Å². The first kappa shape index (κ1) is 13.5. The van der Waals surface area contributed by atoms with Gasteiger partial charge in [-0.15, -0.1) is 0 Å². The van der Waals surface area contributed by atoms with Crippen molar-refractivity contribution in [3.63, 3.8) is 0 Å². The maximum absolute atomic E-state index is 13.7. The van der Waals surface area contributed by atoms with Gasteiger partial charge in [-0.2, -0.15) is 0 Å². The van der Waals surface area contributed by atoms with Crippen LogP contribution in [0.4, 0.5) is 4.39 Å². The highest BCUT2D eigenvalue weighted by Crippen LogP contribution is 2.22. The largest absolute Gasteiger partial charge is 0.486 e. The number of rotatable bonds is 5. The smallest absolute Gasteiger partial charge is 0.146 e. The van der Waals surface area contributed by atoms with Crippen LogP contribution in [0.2, 0.25) is 0 Å². The van der Waals surface area contributed by atoms with E-state index in [1.165, 1.54) is 19.1 Å². The fourth-order valence-electron chi connectivity index (χ4n) is 1.85. The molecule has 0 unspecified atom stereocenters. The van der Waals surface area contributed by atoms with Gasteiger partial charge in [0.2, 0.25) is 0 Å². The predicted octanol–water partition coefficient (Wildman–Crippen LogP) is 2.67. The fourth-order valence-corrected chi connectivity index (χ4v) is 1.85. The molecular formula is C14H17FN2O2. The van der Waals surface area contributed by atoms with Gasteiger partial charge in [0.1, 0.15) is 24.0 Å². The van der Waals surface area contributed by atoms with Crippen LogP contribution in [0, 0.1) is 5.82 Å². The van der Waals surface area contributed by atoms with Crippen molar-refractivity contribution in [1.82, 2.24) is 9.55 Å².